The van der Waals surface area contributed by atoms with Crippen molar-refractivity contribution in [2.24, 2.45) is 0 Å². The van der Waals surface area contributed by atoms with Gasteiger partial charge in [-0.1, -0.05) is 69.3 Å². The number of H-pyrrole nitrogens is 1. The van der Waals surface area contributed by atoms with Gasteiger partial charge >= 0.3 is 18.0 Å². The van der Waals surface area contributed by atoms with Crippen molar-refractivity contribution >= 4 is 95.8 Å². The number of aryl methyl sites for hydroxylation is 2. The van der Waals surface area contributed by atoms with Crippen LogP contribution in [0.15, 0.2) is 98.8 Å². The zero-order valence-electron chi connectivity index (χ0n) is 70.9. The summed E-state index contributed by atoms with van der Waals surface area (Å²) >= 11 is 1.59. The highest BCUT2D eigenvalue weighted by Gasteiger charge is 2.35. The number of ether oxygens (including phenoxy) is 3. The van der Waals surface area contributed by atoms with E-state index in [0.717, 1.165) is 187 Å². The van der Waals surface area contributed by atoms with Gasteiger partial charge in [-0.15, -0.1) is 11.3 Å². The van der Waals surface area contributed by atoms with Gasteiger partial charge in [-0.05, 0) is 171 Å². The highest BCUT2D eigenvalue weighted by Crippen LogP contribution is 2.43. The van der Waals surface area contributed by atoms with E-state index in [4.69, 9.17) is 53.9 Å². The molecule has 0 aliphatic carbocycles. The maximum atomic E-state index is 15.4. The molecule has 0 spiro atoms. The fourth-order valence-electron chi connectivity index (χ4n) is 18.3. The van der Waals surface area contributed by atoms with E-state index < -0.39 is 5.82 Å². The van der Waals surface area contributed by atoms with Gasteiger partial charge in [-0.2, -0.15) is 35.0 Å². The van der Waals surface area contributed by atoms with E-state index in [0.29, 0.717) is 128 Å². The number of hydrogen-bond acceptors (Lipinski definition) is 27. The van der Waals surface area contributed by atoms with E-state index in [9.17, 15) is 19.8 Å². The van der Waals surface area contributed by atoms with Gasteiger partial charge in [-0.3, -0.25) is 24.4 Å². The van der Waals surface area contributed by atoms with E-state index >= 15 is 4.39 Å². The van der Waals surface area contributed by atoms with E-state index in [2.05, 4.69) is 93.5 Å². The Bertz CT molecular complexity index is 5120. The summed E-state index contributed by atoms with van der Waals surface area (Å²) in [5.41, 5.74) is 12.1. The number of thiazole rings is 1. The van der Waals surface area contributed by atoms with Crippen LogP contribution in [0.2, 0.25) is 0 Å². The third kappa shape index (κ3) is 20.9. The number of piperazine rings is 3. The minimum atomic E-state index is -0.622. The Kier molecular flexibility index (Phi) is 29.2. The first-order valence-corrected chi connectivity index (χ1v) is 44.8. The van der Waals surface area contributed by atoms with Gasteiger partial charge in [0.1, 0.15) is 41.6 Å². The summed E-state index contributed by atoms with van der Waals surface area (Å²) < 4.78 is 34.9. The highest BCUT2D eigenvalue weighted by molar-refractivity contribution is 7.18. The summed E-state index contributed by atoms with van der Waals surface area (Å²) in [4.78, 5) is 92.3. The highest BCUT2D eigenvalue weighted by atomic mass is 32.1. The molecule has 4 aromatic carbocycles. The number of fused-ring (bicyclic) bond motifs is 6. The maximum absolute atomic E-state index is 15.4. The number of likely N-dealkylation sites (tertiary alicyclic amines) is 3. The largest absolute Gasteiger partial charge is 0.508 e. The lowest BCUT2D eigenvalue weighted by Crippen LogP contribution is -2.49. The molecule has 31 heteroatoms. The van der Waals surface area contributed by atoms with Gasteiger partial charge in [0.05, 0.1) is 88.4 Å². The van der Waals surface area contributed by atoms with Crippen molar-refractivity contribution in [2.75, 3.05) is 206 Å². The summed E-state index contributed by atoms with van der Waals surface area (Å²) in [6.07, 6.45) is 22.3. The third-order valence-electron chi connectivity index (χ3n) is 24.7. The van der Waals surface area contributed by atoms with Crippen molar-refractivity contribution in [3.63, 3.8) is 0 Å². The van der Waals surface area contributed by atoms with Crippen LogP contribution in [-0.4, -0.2) is 275 Å². The molecule has 0 unspecified atom stereocenters. The Morgan fingerprint density at radius 3 is 1.51 bits per heavy atom. The van der Waals surface area contributed by atoms with Crippen molar-refractivity contribution in [1.82, 2.24) is 74.9 Å². The number of amides is 2. The number of rotatable bonds is 23. The summed E-state index contributed by atoms with van der Waals surface area (Å²) in [6.45, 7) is 39.2. The molecule has 9 aliphatic rings. The molecular weight excluding hydrogens is 1570 g/mol. The molecule has 2 amide bonds. The Morgan fingerprint density at radius 2 is 0.992 bits per heavy atom. The molecule has 9 aliphatic heterocycles. The Balaban J connectivity index is 0.000000139. The van der Waals surface area contributed by atoms with Crippen LogP contribution in [0, 0.1) is 19.7 Å². The molecule has 0 atom stereocenters. The summed E-state index contributed by atoms with van der Waals surface area (Å²) in [6, 6.07) is 18.1. The van der Waals surface area contributed by atoms with Crippen LogP contribution in [0.1, 0.15) is 115 Å². The van der Waals surface area contributed by atoms with Crippen LogP contribution in [-0.2, 0) is 53.3 Å². The second-order valence-electron chi connectivity index (χ2n) is 32.8. The quantitative estimate of drug-likeness (QED) is 0.0263. The first kappa shape index (κ1) is 86.1. The molecular formula is C91H118FN21O8S. The van der Waals surface area contributed by atoms with Crippen molar-refractivity contribution in [1.29, 1.82) is 0 Å². The number of benzene rings is 4. The van der Waals surface area contributed by atoms with E-state index in [1.54, 1.807) is 22.3 Å². The lowest BCUT2D eigenvalue weighted by atomic mass is 10.0. The Labute approximate surface area is 718 Å². The van der Waals surface area contributed by atoms with Gasteiger partial charge in [-0.25, -0.2) is 9.37 Å². The predicted octanol–water partition coefficient (Wildman–Crippen LogP) is 10.7. The topological polar surface area (TPSA) is 286 Å². The molecule has 14 heterocycles. The molecule has 0 saturated carbocycles. The zero-order valence-corrected chi connectivity index (χ0v) is 71.8. The van der Waals surface area contributed by atoms with E-state index in [1.807, 2.05) is 53.3 Å². The lowest BCUT2D eigenvalue weighted by Gasteiger charge is -2.38. The van der Waals surface area contributed by atoms with Gasteiger partial charge in [0.25, 0.3) is 0 Å². The van der Waals surface area contributed by atoms with Crippen LogP contribution in [0.3, 0.4) is 0 Å². The maximum Gasteiger partial charge on any atom is 0.318 e. The van der Waals surface area contributed by atoms with Crippen LogP contribution in [0.5, 0.6) is 29.5 Å². The number of halogens is 1. The fraction of sp³-hybridized carbons (Fsp3) is 0.505. The third-order valence-corrected chi connectivity index (χ3v) is 25.6. The van der Waals surface area contributed by atoms with Gasteiger partial charge < -0.3 is 78.7 Å². The Hall–Kier alpha value is -10.9. The van der Waals surface area contributed by atoms with Crippen molar-refractivity contribution < 1.29 is 43.2 Å². The summed E-state index contributed by atoms with van der Waals surface area (Å²) in [5.74, 6) is 1.99. The van der Waals surface area contributed by atoms with Crippen molar-refractivity contribution in [3.8, 4) is 29.5 Å². The van der Waals surface area contributed by atoms with Crippen molar-refractivity contribution in [2.45, 2.75) is 123 Å². The first-order chi connectivity index (χ1) is 59.7. The number of aromatic hydroxyl groups is 2. The predicted molar refractivity (Wildman–Crippen MR) is 479 cm³/mol. The second-order valence-corrected chi connectivity index (χ2v) is 34.0. The number of carbonyl (C=O) groups is 3. The van der Waals surface area contributed by atoms with E-state index in [1.165, 1.54) is 130 Å². The second kappa shape index (κ2) is 41.3. The molecule has 5 aromatic heterocycles. The smallest absolute Gasteiger partial charge is 0.318 e. The molecule has 0 radical (unpaired) electrons. The number of phenolic OH excluding ortho intramolecular Hbond substituents is 2. The lowest BCUT2D eigenvalue weighted by molar-refractivity contribution is -0.127. The number of piperidine rings is 3. The number of nitrogens with one attached hydrogen (secondary N) is 2. The fourth-order valence-corrected chi connectivity index (χ4v) is 19.2. The molecule has 6 saturated heterocycles. The minimum absolute atomic E-state index is 0.0301. The number of aldehydes is 1. The van der Waals surface area contributed by atoms with Gasteiger partial charge in [0, 0.05) is 151 Å². The zero-order chi connectivity index (χ0) is 84.4. The minimum Gasteiger partial charge on any atom is -0.508 e. The molecule has 18 rings (SSSR count). The number of aromatic amines is 1. The number of allylic oxidation sites excluding steroid dienone is 1. The van der Waals surface area contributed by atoms with Crippen LogP contribution in [0.4, 0.5) is 38.9 Å². The average molecular weight is 1690 g/mol. The van der Waals surface area contributed by atoms with E-state index in [-0.39, 0.29) is 23.3 Å². The average Bonchev–Trinajstić information content (AvgIpc) is 1.37. The SMILES string of the molecule is C=CC(=O)N1CCN(c2nc(OCCCN3CCCCC3)nc3c2CCN(c2c(F)c(O)cc4ccccc24)C3)CC1.C=CC(=O)N1CCN(c2nc(OCCCN3CCCCC3)nc3c2CCN(c2cc(O)cc4sc(C)nc24)C3)CC1.C=CC=O.Cc1ccc2[nH]ncc2c1N1CCc2c(nc(OCCN3CCCCC3)nc2N2CCNCC2)C1. The first-order valence-electron chi connectivity index (χ1n) is 43.9. The number of hydrogen-bond donors (Lipinski definition) is 4. The Morgan fingerprint density at radius 1 is 0.516 bits per heavy atom. The van der Waals surface area contributed by atoms with Crippen LogP contribution < -0.4 is 48.9 Å². The summed E-state index contributed by atoms with van der Waals surface area (Å²) in [5, 5.41) is 35.4. The molecule has 6 fully saturated rings. The van der Waals surface area contributed by atoms with Gasteiger partial charge in [0.2, 0.25) is 11.8 Å². The molecule has 122 heavy (non-hydrogen) atoms. The number of anilines is 6. The number of aromatic nitrogens is 9. The molecule has 0 bridgehead atoms. The van der Waals surface area contributed by atoms with Crippen LogP contribution >= 0.6 is 11.3 Å². The normalized spacial score (nSPS) is 17.9. The summed E-state index contributed by atoms with van der Waals surface area (Å²) in [7, 11) is 0. The van der Waals surface area contributed by atoms with Gasteiger partial charge in [0.15, 0.2) is 11.6 Å². The monoisotopic (exact) mass is 1680 g/mol. The number of nitrogens with zero attached hydrogens (tertiary/aromatic N) is 19. The molecule has 4 N–H and O–H groups in total. The number of phenols is 2. The molecule has 29 nitrogen and oxygen atoms in total. The van der Waals surface area contributed by atoms with Crippen molar-refractivity contribution in [3.05, 3.63) is 149 Å². The molecule has 648 valence electrons. The molecule has 9 aromatic rings. The van der Waals surface area contributed by atoms with Crippen LogP contribution in [0.25, 0.3) is 31.9 Å². The number of carbonyl (C=O) groups excluding carboxylic acids is 3. The standard InChI is InChI=1S/C32H39FN6O3.C30H39N7O3S.C26H36N8O.C3H4O/c1-2-28(41)37-16-18-38(19-17-37)31-25-11-15-39(30-24-10-5-4-9-23(24)21-27(40)29(30)33)22-26(25)34-32(35-31)42-20-8-14-36-12-6-3-7-13-36;1-3-27(39)35-13-15-36(16-14-35)29-23-8-12-37(25-18-22(38)19-26-28(25)31-21(2)41-26)20-24(23)32-30(33-29)40-17-7-11-34-9-5-4-6-10-34;1-19-5-6-22-21(17-28-31-22)24(19)34-12-7-20-23(18-34)29-26(30-25(20)33-13-8-27-9-14-33)35-16-15-32-10-3-2-4-11-32;1-2-3-4/h2,4-5,9-10,21,40H,1,3,6-8,11-20,22H2;3,18-19,38H,1,4-17,20H2,2H3;5-6,17,27H,2-4,7-16,18H2,1H3,(H,28,31);2-3H,1H2.